The van der Waals surface area contributed by atoms with Gasteiger partial charge in [0.05, 0.1) is 4.90 Å². The zero-order valence-electron chi connectivity index (χ0n) is 17.4. The summed E-state index contributed by atoms with van der Waals surface area (Å²) >= 11 is 0. The molecule has 5 nitrogen and oxygen atoms in total. The molecule has 1 aliphatic rings. The van der Waals surface area contributed by atoms with Gasteiger partial charge in [-0.05, 0) is 60.1 Å². The van der Waals surface area contributed by atoms with E-state index in [4.69, 9.17) is 0 Å². The summed E-state index contributed by atoms with van der Waals surface area (Å²) in [5.41, 5.74) is 4.28. The van der Waals surface area contributed by atoms with Crippen LogP contribution in [0.5, 0.6) is 0 Å². The molecule has 0 aromatic heterocycles. The summed E-state index contributed by atoms with van der Waals surface area (Å²) in [6.07, 6.45) is 2.71. The van der Waals surface area contributed by atoms with E-state index >= 15 is 0 Å². The van der Waals surface area contributed by atoms with E-state index in [-0.39, 0.29) is 10.8 Å². The Labute approximate surface area is 174 Å². The van der Waals surface area contributed by atoms with Crippen molar-refractivity contribution in [2.24, 2.45) is 0 Å². The van der Waals surface area contributed by atoms with Gasteiger partial charge in [-0.3, -0.25) is 4.79 Å². The maximum absolute atomic E-state index is 12.6. The van der Waals surface area contributed by atoms with E-state index in [0.717, 1.165) is 24.1 Å². The van der Waals surface area contributed by atoms with Crippen LogP contribution >= 0.6 is 0 Å². The molecule has 0 saturated carbocycles. The zero-order valence-corrected chi connectivity index (χ0v) is 18.3. The molecule has 0 aliphatic carbocycles. The third-order valence-electron chi connectivity index (χ3n) is 5.44. The molecule has 0 bridgehead atoms. The monoisotopic (exact) mass is 414 g/mol. The second kappa shape index (κ2) is 9.09. The van der Waals surface area contributed by atoms with Crippen molar-refractivity contribution in [2.75, 3.05) is 18.0 Å². The molecule has 6 heteroatoms. The molecular formula is C23H30N2O3S. The summed E-state index contributed by atoms with van der Waals surface area (Å²) < 4.78 is 28.0. The van der Waals surface area contributed by atoms with Gasteiger partial charge in [-0.2, -0.15) is 0 Å². The van der Waals surface area contributed by atoms with Gasteiger partial charge in [-0.25, -0.2) is 13.1 Å². The predicted octanol–water partition coefficient (Wildman–Crippen LogP) is 4.02. The Kier molecular flexibility index (Phi) is 6.75. The third-order valence-corrected chi connectivity index (χ3v) is 6.90. The molecule has 0 atom stereocenters. The van der Waals surface area contributed by atoms with Crippen molar-refractivity contribution < 1.29 is 13.2 Å². The van der Waals surface area contributed by atoms with Crippen molar-refractivity contribution in [3.05, 3.63) is 59.2 Å². The highest BCUT2D eigenvalue weighted by atomic mass is 32.2. The second-order valence-corrected chi connectivity index (χ2v) is 9.60. The zero-order chi connectivity index (χ0) is 21.0. The quantitative estimate of drug-likeness (QED) is 0.664. The first kappa shape index (κ1) is 21.5. The summed E-state index contributed by atoms with van der Waals surface area (Å²) in [7, 11) is -3.55. The predicted molar refractivity (Wildman–Crippen MR) is 117 cm³/mol. The lowest BCUT2D eigenvalue weighted by Gasteiger charge is -2.16. The number of nitrogens with zero attached hydrogens (tertiary/aromatic N) is 1. The summed E-state index contributed by atoms with van der Waals surface area (Å²) in [4.78, 5) is 14.0. The molecule has 0 unspecified atom stereocenters. The van der Waals surface area contributed by atoms with Crippen molar-refractivity contribution in [3.63, 3.8) is 0 Å². The number of hydrogen-bond donors (Lipinski definition) is 1. The molecule has 1 N–H and O–H groups in total. The lowest BCUT2D eigenvalue weighted by Crippen LogP contribution is -2.28. The lowest BCUT2D eigenvalue weighted by atomic mass is 10.0. The fraction of sp³-hybridized carbons (Fsp3) is 0.435. The van der Waals surface area contributed by atoms with E-state index in [9.17, 15) is 13.2 Å². The molecule has 1 aliphatic heterocycles. The Hall–Kier alpha value is -2.18. The Morgan fingerprint density at radius 3 is 2.52 bits per heavy atom. The Morgan fingerprint density at radius 1 is 1.14 bits per heavy atom. The number of sulfonamides is 1. The van der Waals surface area contributed by atoms with Crippen molar-refractivity contribution in [3.8, 4) is 0 Å². The van der Waals surface area contributed by atoms with Crippen molar-refractivity contribution >= 4 is 21.6 Å². The Morgan fingerprint density at radius 2 is 1.86 bits per heavy atom. The van der Waals surface area contributed by atoms with Gasteiger partial charge in [0.1, 0.15) is 0 Å². The summed E-state index contributed by atoms with van der Waals surface area (Å²) in [6, 6.07) is 13.6. The topological polar surface area (TPSA) is 66.5 Å². The van der Waals surface area contributed by atoms with Gasteiger partial charge in [0.2, 0.25) is 15.9 Å². The molecule has 0 spiro atoms. The average Bonchev–Trinajstić information content (AvgIpc) is 3.14. The molecule has 1 amide bonds. The molecule has 29 heavy (non-hydrogen) atoms. The second-order valence-electron chi connectivity index (χ2n) is 7.84. The van der Waals surface area contributed by atoms with Gasteiger partial charge in [-0.15, -0.1) is 0 Å². The standard InChI is InChI=1S/C23H30N2O3S/c1-4-23(26)25-15-13-20-16-21(11-12-22(20)25)29(27,28)24-14-5-6-18-7-9-19(10-8-18)17(2)3/h7-12,16-17,24H,4-6,13-15H2,1-3H3. The van der Waals surface area contributed by atoms with Crippen molar-refractivity contribution in [2.45, 2.75) is 57.3 Å². The van der Waals surface area contributed by atoms with E-state index in [1.54, 1.807) is 23.1 Å². The van der Waals surface area contributed by atoms with Gasteiger partial charge in [0.15, 0.2) is 0 Å². The molecule has 156 valence electrons. The summed E-state index contributed by atoms with van der Waals surface area (Å²) in [5.74, 6) is 0.578. The highest BCUT2D eigenvalue weighted by molar-refractivity contribution is 7.89. The van der Waals surface area contributed by atoms with E-state index in [1.807, 2.05) is 6.92 Å². The van der Waals surface area contributed by atoms with Gasteiger partial charge in [0.25, 0.3) is 0 Å². The van der Waals surface area contributed by atoms with E-state index in [1.165, 1.54) is 11.1 Å². The van der Waals surface area contributed by atoms with Crippen LogP contribution in [0.3, 0.4) is 0 Å². The number of fused-ring (bicyclic) bond motifs is 1. The van der Waals surface area contributed by atoms with Crippen LogP contribution in [0.15, 0.2) is 47.4 Å². The van der Waals surface area contributed by atoms with Crippen LogP contribution in [0.2, 0.25) is 0 Å². The van der Waals surface area contributed by atoms with Crippen LogP contribution in [0.1, 0.15) is 56.2 Å². The highest BCUT2D eigenvalue weighted by Gasteiger charge is 2.25. The molecule has 3 rings (SSSR count). The minimum Gasteiger partial charge on any atom is -0.312 e. The number of carbonyl (C=O) groups is 1. The van der Waals surface area contributed by atoms with Gasteiger partial charge < -0.3 is 4.90 Å². The van der Waals surface area contributed by atoms with Crippen LogP contribution in [0.25, 0.3) is 0 Å². The first-order chi connectivity index (χ1) is 13.8. The lowest BCUT2D eigenvalue weighted by molar-refractivity contribution is -0.118. The van der Waals surface area contributed by atoms with Crippen molar-refractivity contribution in [1.82, 2.24) is 4.72 Å². The summed E-state index contributed by atoms with van der Waals surface area (Å²) in [5, 5.41) is 0. The van der Waals surface area contributed by atoms with Crippen molar-refractivity contribution in [1.29, 1.82) is 0 Å². The van der Waals surface area contributed by atoms with Crippen LogP contribution < -0.4 is 9.62 Å². The number of carbonyl (C=O) groups excluding carboxylic acids is 1. The van der Waals surface area contributed by atoms with Crippen LogP contribution in [0.4, 0.5) is 5.69 Å². The van der Waals surface area contributed by atoms with Crippen LogP contribution in [-0.2, 0) is 27.7 Å². The van der Waals surface area contributed by atoms with Crippen LogP contribution in [-0.4, -0.2) is 27.4 Å². The fourth-order valence-corrected chi connectivity index (χ4v) is 4.77. The molecule has 2 aromatic carbocycles. The van der Waals surface area contributed by atoms with Gasteiger partial charge in [-0.1, -0.05) is 45.0 Å². The van der Waals surface area contributed by atoms with E-state index < -0.39 is 10.0 Å². The van der Waals surface area contributed by atoms with Gasteiger partial charge >= 0.3 is 0 Å². The third kappa shape index (κ3) is 5.06. The number of aryl methyl sites for hydroxylation is 1. The van der Waals surface area contributed by atoms with E-state index in [0.29, 0.717) is 31.8 Å². The molecule has 0 radical (unpaired) electrons. The summed E-state index contributed by atoms with van der Waals surface area (Å²) in [6.45, 7) is 7.19. The minimum atomic E-state index is -3.55. The highest BCUT2D eigenvalue weighted by Crippen LogP contribution is 2.30. The number of benzene rings is 2. The average molecular weight is 415 g/mol. The van der Waals surface area contributed by atoms with Crippen LogP contribution in [0, 0.1) is 0 Å². The Bertz CT molecular complexity index is 966. The fourth-order valence-electron chi connectivity index (χ4n) is 3.65. The molecular weight excluding hydrogens is 384 g/mol. The smallest absolute Gasteiger partial charge is 0.240 e. The first-order valence-electron chi connectivity index (χ1n) is 10.3. The molecule has 2 aromatic rings. The maximum Gasteiger partial charge on any atom is 0.240 e. The molecule has 1 heterocycles. The largest absolute Gasteiger partial charge is 0.312 e. The molecule has 0 fully saturated rings. The van der Waals surface area contributed by atoms with Gasteiger partial charge in [0, 0.05) is 25.2 Å². The van der Waals surface area contributed by atoms with E-state index in [2.05, 4.69) is 42.8 Å². The number of hydrogen-bond acceptors (Lipinski definition) is 3. The SMILES string of the molecule is CCC(=O)N1CCc2cc(S(=O)(=O)NCCCc3ccc(C(C)C)cc3)ccc21. The maximum atomic E-state index is 12.6. The number of anilines is 1. The minimum absolute atomic E-state index is 0.0684. The number of nitrogens with one attached hydrogen (secondary N) is 1. The Balaban J connectivity index is 1.57. The first-order valence-corrected chi connectivity index (χ1v) is 11.8. The number of rotatable bonds is 8. The normalized spacial score (nSPS) is 13.7. The molecule has 0 saturated heterocycles. The number of amides is 1.